The van der Waals surface area contributed by atoms with Crippen molar-refractivity contribution in [2.75, 3.05) is 0 Å². The second kappa shape index (κ2) is 3.40. The average molecular weight is 232 g/mol. The van der Waals surface area contributed by atoms with E-state index in [0.717, 1.165) is 5.56 Å². The van der Waals surface area contributed by atoms with Crippen molar-refractivity contribution in [1.29, 1.82) is 0 Å². The fourth-order valence-electron chi connectivity index (χ4n) is 1.28. The van der Waals surface area contributed by atoms with Crippen molar-refractivity contribution < 1.29 is 3.89 Å². The van der Waals surface area contributed by atoms with E-state index in [4.69, 9.17) is 11.6 Å². The first kappa shape index (κ1) is 9.73. The molecule has 0 aliphatic carbocycles. The van der Waals surface area contributed by atoms with E-state index >= 15 is 0 Å². The monoisotopic (exact) mass is 231 g/mol. The van der Waals surface area contributed by atoms with E-state index in [0.29, 0.717) is 21.9 Å². The average Bonchev–Trinajstić information content (AvgIpc) is 2.45. The molecule has 6 heteroatoms. The van der Waals surface area contributed by atoms with Gasteiger partial charge in [0, 0.05) is 0 Å². The third-order valence-electron chi connectivity index (χ3n) is 1.99. The summed E-state index contributed by atoms with van der Waals surface area (Å²) in [4.78, 5) is 4.15. The molecule has 0 radical (unpaired) electrons. The van der Waals surface area contributed by atoms with Crippen LogP contribution in [-0.4, -0.2) is 14.2 Å². The molecule has 2 aromatic heterocycles. The highest BCUT2D eigenvalue weighted by Gasteiger charge is 2.11. The van der Waals surface area contributed by atoms with Crippen molar-refractivity contribution in [3.05, 3.63) is 22.5 Å². The maximum absolute atomic E-state index is 12.5. The molecule has 0 saturated heterocycles. The Kier molecular flexibility index (Phi) is 2.36. The van der Waals surface area contributed by atoms with Crippen LogP contribution in [0.25, 0.3) is 11.0 Å². The van der Waals surface area contributed by atoms with Gasteiger partial charge in [-0.15, -0.1) is 3.89 Å². The number of hydrogen-bond donors (Lipinski definition) is 0. The molecule has 0 fully saturated rings. The van der Waals surface area contributed by atoms with Gasteiger partial charge in [0.1, 0.15) is 16.2 Å². The van der Waals surface area contributed by atoms with E-state index in [1.165, 1.54) is 4.09 Å². The van der Waals surface area contributed by atoms with E-state index in [-0.39, 0.29) is 12.3 Å². The van der Waals surface area contributed by atoms with Gasteiger partial charge in [-0.1, -0.05) is 11.6 Å². The Morgan fingerprint density at radius 2 is 2.21 bits per heavy atom. The second-order valence-corrected chi connectivity index (χ2v) is 3.83. The van der Waals surface area contributed by atoms with Crippen molar-refractivity contribution in [1.82, 2.24) is 14.2 Å². The fraction of sp³-hybridized carbons (Fsp3) is 0.250. The van der Waals surface area contributed by atoms with E-state index in [9.17, 15) is 3.89 Å². The molecule has 3 nitrogen and oxygen atoms in total. The highest BCUT2D eigenvalue weighted by molar-refractivity contribution is 7.92. The van der Waals surface area contributed by atoms with E-state index in [1.54, 1.807) is 13.0 Å². The molecular formula is C8H7ClFN3S. The van der Waals surface area contributed by atoms with Crippen LogP contribution in [0.4, 0.5) is 3.89 Å². The summed E-state index contributed by atoms with van der Waals surface area (Å²) in [6, 6.07) is 1.78. The van der Waals surface area contributed by atoms with Crippen LogP contribution in [0.15, 0.2) is 6.07 Å². The van der Waals surface area contributed by atoms with Crippen molar-refractivity contribution in [3.63, 3.8) is 0 Å². The summed E-state index contributed by atoms with van der Waals surface area (Å²) in [6.07, 6.45) is 0. The Morgan fingerprint density at radius 3 is 2.86 bits per heavy atom. The smallest absolute Gasteiger partial charge is 0.188 e. The molecule has 0 atom stereocenters. The summed E-state index contributed by atoms with van der Waals surface area (Å²) >= 11 is 5.92. The third kappa shape index (κ3) is 1.36. The molecule has 0 N–H and O–H groups in total. The lowest BCUT2D eigenvalue weighted by Gasteiger charge is -1.97. The number of hydrogen-bond acceptors (Lipinski definition) is 3. The van der Waals surface area contributed by atoms with Crippen LogP contribution in [0.5, 0.6) is 0 Å². The zero-order valence-corrected chi connectivity index (χ0v) is 9.16. The van der Waals surface area contributed by atoms with Crippen LogP contribution in [0.3, 0.4) is 0 Å². The van der Waals surface area contributed by atoms with Gasteiger partial charge in [-0.05, 0) is 25.5 Å². The Bertz CT molecular complexity index is 497. The van der Waals surface area contributed by atoms with Crippen molar-refractivity contribution in [2.45, 2.75) is 13.8 Å². The quantitative estimate of drug-likeness (QED) is 0.707. The van der Waals surface area contributed by atoms with Crippen LogP contribution in [0.1, 0.15) is 11.3 Å². The SMILES string of the molecule is Cc1cc2c(nc1Cl)c(C)nn2SF. The van der Waals surface area contributed by atoms with Gasteiger partial charge >= 0.3 is 0 Å². The number of rotatable bonds is 1. The van der Waals surface area contributed by atoms with Crippen LogP contribution in [-0.2, 0) is 0 Å². The predicted molar refractivity (Wildman–Crippen MR) is 56.1 cm³/mol. The highest BCUT2D eigenvalue weighted by Crippen LogP contribution is 2.25. The van der Waals surface area contributed by atoms with Crippen molar-refractivity contribution in [3.8, 4) is 0 Å². The number of halogens is 2. The maximum atomic E-state index is 12.5. The summed E-state index contributed by atoms with van der Waals surface area (Å²) in [6.45, 7) is 3.60. The summed E-state index contributed by atoms with van der Waals surface area (Å²) in [5.74, 6) is 0. The Balaban J connectivity index is 2.84. The van der Waals surface area contributed by atoms with Crippen LogP contribution in [0, 0.1) is 13.8 Å². The Hall–Kier alpha value is -0.810. The minimum Gasteiger partial charge on any atom is -0.232 e. The minimum atomic E-state index is 0.0562. The van der Waals surface area contributed by atoms with E-state index in [2.05, 4.69) is 10.1 Å². The molecule has 0 aliphatic rings. The zero-order valence-electron chi connectivity index (χ0n) is 7.58. The Morgan fingerprint density at radius 1 is 1.50 bits per heavy atom. The van der Waals surface area contributed by atoms with Gasteiger partial charge in [-0.25, -0.2) is 4.98 Å². The number of pyridine rings is 1. The number of aryl methyl sites for hydroxylation is 2. The maximum Gasteiger partial charge on any atom is 0.188 e. The molecule has 0 amide bonds. The molecule has 0 bridgehead atoms. The summed E-state index contributed by atoms with van der Waals surface area (Å²) < 4.78 is 13.7. The van der Waals surface area contributed by atoms with Gasteiger partial charge in [0.2, 0.25) is 0 Å². The first-order valence-electron chi connectivity index (χ1n) is 3.95. The molecule has 14 heavy (non-hydrogen) atoms. The standard InChI is InChI=1S/C8H7ClFN3S/c1-4-3-6-7(11-8(4)9)5(2)12-13(6)14-10/h3H,1-2H3. The number of nitrogens with zero attached hydrogens (tertiary/aromatic N) is 3. The molecule has 0 spiro atoms. The van der Waals surface area contributed by atoms with Gasteiger partial charge in [-0.3, -0.25) is 0 Å². The summed E-state index contributed by atoms with van der Waals surface area (Å²) in [5.41, 5.74) is 2.78. The van der Waals surface area contributed by atoms with Crippen LogP contribution >= 0.6 is 23.9 Å². The number of fused-ring (bicyclic) bond motifs is 1. The zero-order chi connectivity index (χ0) is 10.3. The topological polar surface area (TPSA) is 30.7 Å². The lowest BCUT2D eigenvalue weighted by molar-refractivity contribution is 0.881. The largest absolute Gasteiger partial charge is 0.232 e. The minimum absolute atomic E-state index is 0.0562. The lowest BCUT2D eigenvalue weighted by atomic mass is 10.2. The van der Waals surface area contributed by atoms with Crippen LogP contribution < -0.4 is 0 Å². The van der Waals surface area contributed by atoms with E-state index in [1.807, 2.05) is 6.92 Å². The summed E-state index contributed by atoms with van der Waals surface area (Å²) in [7, 11) is 0. The lowest BCUT2D eigenvalue weighted by Crippen LogP contribution is -1.87. The van der Waals surface area contributed by atoms with Crippen LogP contribution in [0.2, 0.25) is 5.15 Å². The van der Waals surface area contributed by atoms with Gasteiger partial charge in [0.15, 0.2) is 12.3 Å². The highest BCUT2D eigenvalue weighted by atomic mass is 35.5. The van der Waals surface area contributed by atoms with E-state index < -0.39 is 0 Å². The fourth-order valence-corrected chi connectivity index (χ4v) is 1.78. The molecule has 0 saturated carbocycles. The predicted octanol–water partition coefficient (Wildman–Crippen LogP) is 3.08. The third-order valence-corrected chi connectivity index (χ3v) is 2.78. The second-order valence-electron chi connectivity index (χ2n) is 2.99. The molecular weight excluding hydrogens is 225 g/mol. The van der Waals surface area contributed by atoms with Gasteiger partial charge in [0.25, 0.3) is 0 Å². The van der Waals surface area contributed by atoms with Crippen molar-refractivity contribution >= 4 is 35.0 Å². The molecule has 0 aliphatic heterocycles. The first-order chi connectivity index (χ1) is 6.63. The first-order valence-corrected chi connectivity index (χ1v) is 5.00. The summed E-state index contributed by atoms with van der Waals surface area (Å²) in [5, 5.41) is 4.41. The Labute approximate surface area is 89.7 Å². The molecule has 0 aromatic carbocycles. The molecule has 0 unspecified atom stereocenters. The van der Waals surface area contributed by atoms with Gasteiger partial charge < -0.3 is 0 Å². The van der Waals surface area contributed by atoms with Crippen molar-refractivity contribution in [2.24, 2.45) is 0 Å². The molecule has 2 aromatic rings. The molecule has 2 rings (SSSR count). The van der Waals surface area contributed by atoms with Gasteiger partial charge in [-0.2, -0.15) is 9.19 Å². The molecule has 74 valence electrons. The van der Waals surface area contributed by atoms with Gasteiger partial charge in [0.05, 0.1) is 5.69 Å². The normalized spacial score (nSPS) is 11.1. The molecule has 2 heterocycles. The number of aromatic nitrogens is 3.